The van der Waals surface area contributed by atoms with Gasteiger partial charge in [-0.2, -0.15) is 13.2 Å². The summed E-state index contributed by atoms with van der Waals surface area (Å²) < 4.78 is 63.8. The molecule has 2 atom stereocenters. The molecule has 11 heteroatoms. The minimum absolute atomic E-state index is 0.0151. The Balaban J connectivity index is 1.61. The lowest BCUT2D eigenvalue weighted by Crippen LogP contribution is -2.37. The summed E-state index contributed by atoms with van der Waals surface area (Å²) in [5.41, 5.74) is 1.44. The summed E-state index contributed by atoms with van der Waals surface area (Å²) in [7, 11) is -3.15. The monoisotopic (exact) mass is 497 g/mol. The highest BCUT2D eigenvalue weighted by Crippen LogP contribution is 2.37. The molecule has 0 saturated carbocycles. The van der Waals surface area contributed by atoms with Crippen molar-refractivity contribution in [3.63, 3.8) is 0 Å². The van der Waals surface area contributed by atoms with Gasteiger partial charge >= 0.3 is 6.18 Å². The molecule has 2 heterocycles. The smallest absolute Gasteiger partial charge is 0.324 e. The second-order valence-electron chi connectivity index (χ2n) is 8.16. The molecule has 176 valence electrons. The maximum absolute atomic E-state index is 13.3. The summed E-state index contributed by atoms with van der Waals surface area (Å²) in [6, 6.07) is 9.99. The number of halogens is 3. The van der Waals surface area contributed by atoms with Crippen molar-refractivity contribution in [3.05, 3.63) is 59.2 Å². The van der Waals surface area contributed by atoms with Crippen molar-refractivity contribution in [2.75, 3.05) is 28.3 Å². The summed E-state index contributed by atoms with van der Waals surface area (Å²) >= 11 is 1.29. The third-order valence-corrected chi connectivity index (χ3v) is 8.89. The van der Waals surface area contributed by atoms with Crippen LogP contribution in [0.4, 0.5) is 24.5 Å². The third kappa shape index (κ3) is 5.19. The van der Waals surface area contributed by atoms with Gasteiger partial charge in [0.25, 0.3) is 0 Å². The molecule has 0 radical (unpaired) electrons. The van der Waals surface area contributed by atoms with Gasteiger partial charge < -0.3 is 10.2 Å². The summed E-state index contributed by atoms with van der Waals surface area (Å²) in [4.78, 5) is 19.0. The van der Waals surface area contributed by atoms with Gasteiger partial charge in [-0.3, -0.25) is 9.79 Å². The van der Waals surface area contributed by atoms with E-state index in [1.807, 2.05) is 32.0 Å². The van der Waals surface area contributed by atoms with Crippen LogP contribution in [0.15, 0.2) is 47.5 Å². The van der Waals surface area contributed by atoms with Crippen LogP contribution in [0.1, 0.15) is 16.7 Å². The molecule has 33 heavy (non-hydrogen) atoms. The number of aliphatic imine (C=N–C) groups is 1. The number of para-hydroxylation sites is 1. The van der Waals surface area contributed by atoms with E-state index in [0.29, 0.717) is 10.9 Å². The number of carbonyl (C=O) groups excluding carboxylic acids is 1. The van der Waals surface area contributed by atoms with E-state index < -0.39 is 33.5 Å². The van der Waals surface area contributed by atoms with Crippen molar-refractivity contribution in [2.24, 2.45) is 4.99 Å². The van der Waals surface area contributed by atoms with Gasteiger partial charge in [0.05, 0.1) is 28.8 Å². The zero-order valence-electron chi connectivity index (χ0n) is 17.9. The molecule has 2 aliphatic heterocycles. The lowest BCUT2D eigenvalue weighted by Gasteiger charge is -2.25. The fourth-order valence-corrected chi connectivity index (χ4v) is 7.59. The van der Waals surface area contributed by atoms with Crippen LogP contribution < -0.4 is 10.2 Å². The van der Waals surface area contributed by atoms with Gasteiger partial charge in [0.15, 0.2) is 15.0 Å². The number of nitrogens with zero attached hydrogens (tertiary/aromatic N) is 2. The van der Waals surface area contributed by atoms with E-state index in [2.05, 4.69) is 10.3 Å². The summed E-state index contributed by atoms with van der Waals surface area (Å²) in [5.74, 6) is -0.667. The topological polar surface area (TPSA) is 78.8 Å². The van der Waals surface area contributed by atoms with Crippen LogP contribution in [-0.4, -0.2) is 48.8 Å². The minimum atomic E-state index is -4.61. The average Bonchev–Trinajstić information content (AvgIpc) is 3.21. The molecule has 6 nitrogen and oxygen atoms in total. The number of nitrogens with one attached hydrogen (secondary N) is 1. The third-order valence-electron chi connectivity index (χ3n) is 5.65. The van der Waals surface area contributed by atoms with E-state index in [1.54, 1.807) is 4.90 Å². The Morgan fingerprint density at radius 3 is 2.55 bits per heavy atom. The van der Waals surface area contributed by atoms with E-state index >= 15 is 0 Å². The fourth-order valence-electron chi connectivity index (χ4n) is 3.81. The van der Waals surface area contributed by atoms with Gasteiger partial charge in [0.1, 0.15) is 6.54 Å². The maximum Gasteiger partial charge on any atom is 0.418 e. The predicted molar refractivity (Wildman–Crippen MR) is 125 cm³/mol. The van der Waals surface area contributed by atoms with Gasteiger partial charge in [0.2, 0.25) is 5.91 Å². The Bertz CT molecular complexity index is 1230. The zero-order valence-corrected chi connectivity index (χ0v) is 19.5. The Labute approximate surface area is 194 Å². The molecule has 2 aliphatic rings. The van der Waals surface area contributed by atoms with Crippen LogP contribution in [0.25, 0.3) is 0 Å². The standard InChI is InChI=1S/C22H22F3N3O3S2/c1-13-7-8-15(9-14(13)2)28(21-27-18-11-33(30,31)12-19(18)32-21)10-20(29)26-17-6-4-3-5-16(17)22(23,24)25/h3-9,18-19H,10-12H2,1-2H3,(H,26,29)/t18-,19+/m1/s1. The zero-order chi connectivity index (χ0) is 24.0. The van der Waals surface area contributed by atoms with Crippen molar-refractivity contribution in [1.29, 1.82) is 0 Å². The molecule has 0 bridgehead atoms. The van der Waals surface area contributed by atoms with Gasteiger partial charge in [-0.05, 0) is 49.2 Å². The number of fused-ring (bicyclic) bond motifs is 1. The van der Waals surface area contributed by atoms with E-state index in [1.165, 1.54) is 30.0 Å². The number of anilines is 2. The van der Waals surface area contributed by atoms with Crippen molar-refractivity contribution < 1.29 is 26.4 Å². The molecule has 1 N–H and O–H groups in total. The number of hydrogen-bond donors (Lipinski definition) is 1. The highest BCUT2D eigenvalue weighted by atomic mass is 32.2. The molecule has 1 fully saturated rings. The molecule has 0 spiro atoms. The number of carbonyl (C=O) groups is 1. The van der Waals surface area contributed by atoms with Crippen molar-refractivity contribution >= 4 is 44.0 Å². The lowest BCUT2D eigenvalue weighted by molar-refractivity contribution is -0.137. The molecule has 2 aromatic rings. The molecule has 1 amide bonds. The minimum Gasteiger partial charge on any atom is -0.324 e. The molecular formula is C22H22F3N3O3S2. The van der Waals surface area contributed by atoms with Gasteiger partial charge in [0, 0.05) is 10.9 Å². The summed E-state index contributed by atoms with van der Waals surface area (Å²) in [5, 5.41) is 2.63. The molecule has 0 aliphatic carbocycles. The number of benzene rings is 2. The Morgan fingerprint density at radius 2 is 1.88 bits per heavy atom. The number of sulfone groups is 1. The normalized spacial score (nSPS) is 21.4. The first-order valence-electron chi connectivity index (χ1n) is 10.2. The van der Waals surface area contributed by atoms with Crippen LogP contribution >= 0.6 is 11.8 Å². The van der Waals surface area contributed by atoms with E-state index in [4.69, 9.17) is 0 Å². The number of rotatable bonds is 4. The molecule has 0 unspecified atom stereocenters. The van der Waals surface area contributed by atoms with E-state index in [0.717, 1.165) is 17.2 Å². The summed E-state index contributed by atoms with van der Waals surface area (Å²) in [6.45, 7) is 3.59. The van der Waals surface area contributed by atoms with Crippen molar-refractivity contribution in [3.8, 4) is 0 Å². The number of alkyl halides is 3. The number of amides is 1. The highest BCUT2D eigenvalue weighted by Gasteiger charge is 2.44. The van der Waals surface area contributed by atoms with E-state index in [9.17, 15) is 26.4 Å². The number of aryl methyl sites for hydroxylation is 2. The second kappa shape index (κ2) is 8.68. The maximum atomic E-state index is 13.3. The molecule has 0 aromatic heterocycles. The Hall–Kier alpha value is -2.53. The predicted octanol–water partition coefficient (Wildman–Crippen LogP) is 4.04. The highest BCUT2D eigenvalue weighted by molar-refractivity contribution is 8.15. The fraction of sp³-hybridized carbons (Fsp3) is 0.364. The average molecular weight is 498 g/mol. The second-order valence-corrected chi connectivity index (χ2v) is 11.5. The lowest BCUT2D eigenvalue weighted by atomic mass is 10.1. The first kappa shape index (κ1) is 23.6. The quantitative estimate of drug-likeness (QED) is 0.690. The molecule has 2 aromatic carbocycles. The van der Waals surface area contributed by atoms with Crippen LogP contribution in [0.3, 0.4) is 0 Å². The first-order valence-corrected chi connectivity index (χ1v) is 12.9. The van der Waals surface area contributed by atoms with Crippen LogP contribution in [0, 0.1) is 13.8 Å². The van der Waals surface area contributed by atoms with Crippen molar-refractivity contribution in [1.82, 2.24) is 0 Å². The van der Waals surface area contributed by atoms with Crippen LogP contribution in [0.5, 0.6) is 0 Å². The van der Waals surface area contributed by atoms with Crippen LogP contribution in [0.2, 0.25) is 0 Å². The first-order chi connectivity index (χ1) is 15.4. The van der Waals surface area contributed by atoms with Gasteiger partial charge in [-0.15, -0.1) is 0 Å². The number of hydrogen-bond acceptors (Lipinski definition) is 6. The SMILES string of the molecule is Cc1ccc(N(CC(=O)Nc2ccccc2C(F)(F)F)C2=N[C@@H]3CS(=O)(=O)C[C@@H]3S2)cc1C. The number of amidine groups is 1. The van der Waals surface area contributed by atoms with Crippen LogP contribution in [-0.2, 0) is 20.8 Å². The molecule has 4 rings (SSSR count). The van der Waals surface area contributed by atoms with Crippen molar-refractivity contribution in [2.45, 2.75) is 31.3 Å². The molecule has 1 saturated heterocycles. The largest absolute Gasteiger partial charge is 0.418 e. The number of thioether (sulfide) groups is 1. The summed E-state index contributed by atoms with van der Waals surface area (Å²) in [6.07, 6.45) is -4.61. The Kier molecular flexibility index (Phi) is 6.21. The van der Waals surface area contributed by atoms with Gasteiger partial charge in [-0.1, -0.05) is 30.0 Å². The van der Waals surface area contributed by atoms with Gasteiger partial charge in [-0.25, -0.2) is 8.42 Å². The van der Waals surface area contributed by atoms with E-state index in [-0.39, 0.29) is 29.0 Å². The molecular weight excluding hydrogens is 475 g/mol. The Morgan fingerprint density at radius 1 is 1.15 bits per heavy atom.